The summed E-state index contributed by atoms with van der Waals surface area (Å²) in [6.07, 6.45) is 0. The molecule has 0 saturated carbocycles. The van der Waals surface area contributed by atoms with E-state index in [-0.39, 0.29) is 18.0 Å². The Balaban J connectivity index is 1.60. The molecule has 1 fully saturated rings. The van der Waals surface area contributed by atoms with E-state index in [9.17, 15) is 22.4 Å². The molecule has 0 aliphatic carbocycles. The van der Waals surface area contributed by atoms with Crippen LogP contribution in [0.15, 0.2) is 36.4 Å². The number of primary amides is 1. The van der Waals surface area contributed by atoms with Crippen molar-refractivity contribution in [1.29, 1.82) is 0 Å². The summed E-state index contributed by atoms with van der Waals surface area (Å²) in [6.45, 7) is 1.82. The van der Waals surface area contributed by atoms with Crippen LogP contribution in [0.4, 0.5) is 22.4 Å². The van der Waals surface area contributed by atoms with Crippen LogP contribution in [0.5, 0.6) is 0 Å². The van der Waals surface area contributed by atoms with E-state index in [1.807, 2.05) is 4.90 Å². The van der Waals surface area contributed by atoms with Gasteiger partial charge in [-0.2, -0.15) is 0 Å². The van der Waals surface area contributed by atoms with E-state index in [1.165, 1.54) is 12.1 Å². The summed E-state index contributed by atoms with van der Waals surface area (Å²) in [7, 11) is 0. The molecule has 2 amide bonds. The highest BCUT2D eigenvalue weighted by Crippen LogP contribution is 2.29. The summed E-state index contributed by atoms with van der Waals surface area (Å²) in [5.41, 5.74) is 6.15. The van der Waals surface area contributed by atoms with Crippen LogP contribution in [-0.2, 0) is 11.3 Å². The molecule has 0 aromatic heterocycles. The van der Waals surface area contributed by atoms with Crippen molar-refractivity contribution in [2.24, 2.45) is 5.73 Å². The largest absolute Gasteiger partial charge is 0.375 e. The van der Waals surface area contributed by atoms with E-state index in [0.29, 0.717) is 31.8 Å². The van der Waals surface area contributed by atoms with Crippen molar-refractivity contribution >= 4 is 6.03 Å². The highest BCUT2D eigenvalue weighted by atomic mass is 19.2. The number of hydrogen-bond acceptors (Lipinski definition) is 3. The van der Waals surface area contributed by atoms with Crippen molar-refractivity contribution < 1.29 is 27.1 Å². The van der Waals surface area contributed by atoms with Crippen LogP contribution >= 0.6 is 0 Å². The van der Waals surface area contributed by atoms with Gasteiger partial charge in [0.1, 0.15) is 5.82 Å². The lowest BCUT2D eigenvalue weighted by atomic mass is 9.94. The Bertz CT molecular complexity index is 858. The number of likely N-dealkylation sites (tertiary alicyclic amines) is 1. The van der Waals surface area contributed by atoms with Gasteiger partial charge in [0.2, 0.25) is 0 Å². The fourth-order valence-electron chi connectivity index (χ4n) is 3.53. The molecule has 5 nitrogen and oxygen atoms in total. The second-order valence-corrected chi connectivity index (χ2v) is 6.96. The van der Waals surface area contributed by atoms with Crippen molar-refractivity contribution in [3.63, 3.8) is 0 Å². The molecule has 29 heavy (non-hydrogen) atoms. The van der Waals surface area contributed by atoms with Crippen LogP contribution < -0.4 is 11.1 Å². The topological polar surface area (TPSA) is 67.6 Å². The Labute approximate surface area is 165 Å². The number of nitrogens with two attached hydrogens (primary N) is 1. The summed E-state index contributed by atoms with van der Waals surface area (Å²) >= 11 is 0. The smallest absolute Gasteiger partial charge is 0.312 e. The predicted octanol–water partition coefficient (Wildman–Crippen LogP) is 2.90. The van der Waals surface area contributed by atoms with Gasteiger partial charge in [-0.15, -0.1) is 0 Å². The zero-order valence-corrected chi connectivity index (χ0v) is 15.5. The third-order valence-corrected chi connectivity index (χ3v) is 4.87. The van der Waals surface area contributed by atoms with Crippen LogP contribution in [0.3, 0.4) is 0 Å². The van der Waals surface area contributed by atoms with Crippen molar-refractivity contribution in [3.8, 4) is 0 Å². The maximum absolute atomic E-state index is 13.6. The molecule has 9 heteroatoms. The van der Waals surface area contributed by atoms with Gasteiger partial charge in [-0.1, -0.05) is 12.1 Å². The van der Waals surface area contributed by atoms with E-state index >= 15 is 0 Å². The normalized spacial score (nSPS) is 19.4. The molecular formula is C20H21F4N3O2. The van der Waals surface area contributed by atoms with E-state index < -0.39 is 35.4 Å². The number of nitrogens with one attached hydrogen (secondary N) is 1. The number of carbonyl (C=O) groups excluding carboxylic acids is 1. The first-order valence-corrected chi connectivity index (χ1v) is 9.08. The summed E-state index contributed by atoms with van der Waals surface area (Å²) in [5, 5.41) is 2.57. The number of urea groups is 1. The molecule has 0 bridgehead atoms. The van der Waals surface area contributed by atoms with Crippen LogP contribution in [-0.4, -0.2) is 43.2 Å². The number of rotatable bonds is 7. The van der Waals surface area contributed by atoms with Crippen molar-refractivity contribution in [2.45, 2.75) is 18.6 Å². The Hall–Kier alpha value is -2.65. The average Bonchev–Trinajstić information content (AvgIpc) is 3.05. The quantitative estimate of drug-likeness (QED) is 0.418. The first-order valence-electron chi connectivity index (χ1n) is 9.08. The predicted molar refractivity (Wildman–Crippen MR) is 98.1 cm³/mol. The minimum atomic E-state index is -1.53. The molecule has 3 rings (SSSR count). The molecule has 3 N–H and O–H groups in total. The van der Waals surface area contributed by atoms with E-state index in [1.54, 1.807) is 12.1 Å². The first kappa shape index (κ1) is 21.1. The van der Waals surface area contributed by atoms with Gasteiger partial charge in [0, 0.05) is 25.6 Å². The number of ether oxygens (including phenoxy) is 1. The lowest BCUT2D eigenvalue weighted by molar-refractivity contribution is 0.0983. The van der Waals surface area contributed by atoms with Crippen LogP contribution in [0.1, 0.15) is 17.0 Å². The highest BCUT2D eigenvalue weighted by molar-refractivity contribution is 5.72. The summed E-state index contributed by atoms with van der Waals surface area (Å²) in [4.78, 5) is 13.2. The van der Waals surface area contributed by atoms with Gasteiger partial charge in [0.05, 0.1) is 19.3 Å². The molecule has 2 atom stereocenters. The van der Waals surface area contributed by atoms with Gasteiger partial charge in [0.15, 0.2) is 17.5 Å². The molecule has 1 saturated heterocycles. The summed E-state index contributed by atoms with van der Waals surface area (Å²) < 4.78 is 59.3. The molecule has 156 valence electrons. The SMILES string of the molecule is NC(=O)N[C@@H]1CN(CCOCc2cccc(F)c2)C[C@H]1c1cc(F)c(F)c(F)c1. The lowest BCUT2D eigenvalue weighted by Crippen LogP contribution is -2.43. The van der Waals surface area contributed by atoms with Gasteiger partial charge in [-0.05, 0) is 35.4 Å². The summed E-state index contributed by atoms with van der Waals surface area (Å²) in [5.74, 6) is -4.90. The standard InChI is InChI=1S/C20H21F4N3O2/c21-14-3-1-2-12(6-14)11-29-5-4-27-9-15(18(10-27)26-20(25)28)13-7-16(22)19(24)17(23)8-13/h1-3,6-8,15,18H,4-5,9-11H2,(H3,25,26,28)/t15-,18+/m0/s1. The third kappa shape index (κ3) is 5.45. The Kier molecular flexibility index (Phi) is 6.71. The number of nitrogens with zero attached hydrogens (tertiary/aromatic N) is 1. The van der Waals surface area contributed by atoms with Crippen molar-refractivity contribution in [1.82, 2.24) is 10.2 Å². The van der Waals surface area contributed by atoms with Crippen LogP contribution in [0.2, 0.25) is 0 Å². The van der Waals surface area contributed by atoms with E-state index in [2.05, 4.69) is 5.32 Å². The van der Waals surface area contributed by atoms with Crippen molar-refractivity contribution in [2.75, 3.05) is 26.2 Å². The zero-order valence-electron chi connectivity index (χ0n) is 15.5. The Morgan fingerprint density at radius 1 is 1.14 bits per heavy atom. The minimum Gasteiger partial charge on any atom is -0.375 e. The van der Waals surface area contributed by atoms with Crippen molar-refractivity contribution in [3.05, 3.63) is 70.8 Å². The lowest BCUT2D eigenvalue weighted by Gasteiger charge is -2.19. The molecule has 1 aliphatic rings. The minimum absolute atomic E-state index is 0.239. The molecule has 2 aromatic rings. The van der Waals surface area contributed by atoms with E-state index in [4.69, 9.17) is 10.5 Å². The van der Waals surface area contributed by atoms with Crippen LogP contribution in [0.25, 0.3) is 0 Å². The number of halogens is 4. The van der Waals surface area contributed by atoms with Gasteiger partial charge in [-0.3, -0.25) is 4.90 Å². The third-order valence-electron chi connectivity index (χ3n) is 4.87. The molecular weight excluding hydrogens is 390 g/mol. The average molecular weight is 411 g/mol. The maximum Gasteiger partial charge on any atom is 0.312 e. The zero-order chi connectivity index (χ0) is 21.0. The second-order valence-electron chi connectivity index (χ2n) is 6.96. The fraction of sp³-hybridized carbons (Fsp3) is 0.350. The van der Waals surface area contributed by atoms with Gasteiger partial charge >= 0.3 is 6.03 Å². The molecule has 0 unspecified atom stereocenters. The van der Waals surface area contributed by atoms with Gasteiger partial charge in [0.25, 0.3) is 0 Å². The summed E-state index contributed by atoms with van der Waals surface area (Å²) in [6, 6.07) is 6.70. The molecule has 0 spiro atoms. The van der Waals surface area contributed by atoms with Gasteiger partial charge < -0.3 is 15.8 Å². The molecule has 1 aliphatic heterocycles. The number of amides is 2. The number of hydrogen-bond donors (Lipinski definition) is 2. The van der Waals surface area contributed by atoms with Gasteiger partial charge in [-0.25, -0.2) is 22.4 Å². The monoisotopic (exact) mass is 411 g/mol. The maximum atomic E-state index is 13.6. The molecule has 1 heterocycles. The Morgan fingerprint density at radius 3 is 2.52 bits per heavy atom. The molecule has 2 aromatic carbocycles. The Morgan fingerprint density at radius 2 is 1.86 bits per heavy atom. The van der Waals surface area contributed by atoms with Crippen LogP contribution in [0, 0.1) is 23.3 Å². The second kappa shape index (κ2) is 9.23. The van der Waals surface area contributed by atoms with E-state index in [0.717, 1.165) is 12.1 Å². The number of benzene rings is 2. The number of carbonyl (C=O) groups is 1. The fourth-order valence-corrected chi connectivity index (χ4v) is 3.53. The molecule has 0 radical (unpaired) electrons. The highest BCUT2D eigenvalue weighted by Gasteiger charge is 2.35. The first-order chi connectivity index (χ1) is 13.8.